The zero-order valence-corrected chi connectivity index (χ0v) is 83.9. The van der Waals surface area contributed by atoms with Crippen molar-refractivity contribution >= 4 is 69.2 Å². The lowest BCUT2D eigenvalue weighted by molar-refractivity contribution is -0.310. The number of fused-ring (bicyclic) bond motifs is 6. The van der Waals surface area contributed by atoms with Gasteiger partial charge in [-0.15, -0.1) is 23.5 Å². The molecule has 15 rings (SSSR count). The summed E-state index contributed by atoms with van der Waals surface area (Å²) in [4.78, 5) is 0. The van der Waals surface area contributed by atoms with Crippen molar-refractivity contribution in [3.05, 3.63) is 253 Å². The molecule has 0 unspecified atom stereocenters. The third-order valence-electron chi connectivity index (χ3n) is 30.0. The second-order valence-corrected chi connectivity index (χ2v) is 58.9. The van der Waals surface area contributed by atoms with Crippen LogP contribution in [0, 0.1) is 11.8 Å². The van der Waals surface area contributed by atoms with Gasteiger partial charge in [-0.2, -0.15) is 0 Å². The molecule has 8 aliphatic rings. The van der Waals surface area contributed by atoms with E-state index < -0.39 is 60.1 Å². The Hall–Kier alpha value is -5.15. The molecule has 21 atom stereocenters. The van der Waals surface area contributed by atoms with Crippen molar-refractivity contribution in [2.75, 3.05) is 24.7 Å². The molecule has 7 fully saturated rings. The van der Waals surface area contributed by atoms with Gasteiger partial charge in [0, 0.05) is 32.3 Å². The molecule has 8 heterocycles. The minimum Gasteiger partial charge on any atom is -0.411 e. The van der Waals surface area contributed by atoms with Crippen molar-refractivity contribution in [3.8, 4) is 0 Å². The monoisotopic (exact) mass is 1810 g/mol. The molecule has 7 aromatic rings. The zero-order valence-electron chi connectivity index (χ0n) is 79.3. The average molecular weight is 1820 g/mol. The van der Waals surface area contributed by atoms with Crippen LogP contribution in [0.3, 0.4) is 0 Å². The molecule has 0 radical (unpaired) electrons. The van der Waals surface area contributed by atoms with Crippen molar-refractivity contribution < 1.29 is 61.0 Å². The standard InChI is InChI=1S/C109H150O13S2Si3/c1-18-123-108(124-19-2)67-44-65-98-107(15,76-97-91(116-98)73-95-102(118-97)96(121-125(16,17)103(5,6)7)72-82(113-95)52-45-68-112-126(104(8,9)10,83-53-33-23-34-54-83)84-55-35-24-36-56-84)120-99(108)64-43-63-88-87(110)61-41-42-62-90-101(117-88)78(4)71-93-92(114-90)74-100-106(14,119-93)75-77(3)70-94(122-127(105(11,12)13,85-57-37-25-38-58-85)86-59-39-26-40-60-86)89(115-100)66-69-111-109(79-46-27-20-28-47-79,80-48-29-21-30-49-80)81-50-31-22-32-51-81/h20-43,46-51,53-60,64,77-78,82,87-102,110H,18-19,44-45,52,61-63,65-76H2,1-17H3/b42-41-,64-43-/t77-,78+,82-,87-,88+,89-,90+,91+,92-,93+,94+,95-,96+,97-,98-,99-,100+,101-,102-,106-,107+/m1/s1. The van der Waals surface area contributed by atoms with Gasteiger partial charge in [0.25, 0.3) is 16.6 Å². The summed E-state index contributed by atoms with van der Waals surface area (Å²) in [6, 6.07) is 76.3. The van der Waals surface area contributed by atoms with Gasteiger partial charge in [0.2, 0.25) is 0 Å². The number of rotatable bonds is 27. The fourth-order valence-electron chi connectivity index (χ4n) is 22.9. The van der Waals surface area contributed by atoms with Crippen LogP contribution in [-0.4, -0.2) is 174 Å². The molecule has 18 heteroatoms. The first kappa shape index (κ1) is 96.4. The number of benzene rings is 7. The van der Waals surface area contributed by atoms with Gasteiger partial charge in [0.1, 0.15) is 17.8 Å². The van der Waals surface area contributed by atoms with Crippen LogP contribution in [0.1, 0.15) is 223 Å². The molecule has 0 aromatic heterocycles. The van der Waals surface area contributed by atoms with E-state index in [0.29, 0.717) is 51.7 Å². The number of aliphatic hydroxyl groups is 1. The van der Waals surface area contributed by atoms with Crippen LogP contribution >= 0.6 is 23.5 Å². The van der Waals surface area contributed by atoms with E-state index in [-0.39, 0.29) is 116 Å². The Morgan fingerprint density at radius 3 is 1.54 bits per heavy atom. The van der Waals surface area contributed by atoms with Crippen LogP contribution in [-0.2, 0) is 61.5 Å². The third-order valence-corrected chi connectivity index (χ3v) is 47.8. The van der Waals surface area contributed by atoms with E-state index in [1.807, 2.05) is 23.5 Å². The first-order chi connectivity index (χ1) is 60.8. The number of thioether (sulfide) groups is 2. The maximum Gasteiger partial charge on any atom is 0.261 e. The highest BCUT2D eigenvalue weighted by Crippen LogP contribution is 2.55. The van der Waals surface area contributed by atoms with E-state index in [4.69, 9.17) is 55.9 Å². The van der Waals surface area contributed by atoms with Gasteiger partial charge in [-0.1, -0.05) is 327 Å². The van der Waals surface area contributed by atoms with Gasteiger partial charge in [-0.3, -0.25) is 0 Å². The second-order valence-electron chi connectivity index (χ2n) is 42.2. The van der Waals surface area contributed by atoms with E-state index in [1.165, 1.54) is 20.7 Å². The predicted molar refractivity (Wildman–Crippen MR) is 527 cm³/mol. The molecule has 688 valence electrons. The predicted octanol–water partition coefficient (Wildman–Crippen LogP) is 22.0. The molecule has 0 aliphatic carbocycles. The lowest BCUT2D eigenvalue weighted by Crippen LogP contribution is -2.69. The smallest absolute Gasteiger partial charge is 0.261 e. The van der Waals surface area contributed by atoms with E-state index in [0.717, 1.165) is 92.4 Å². The zero-order chi connectivity index (χ0) is 89.6. The molecule has 127 heavy (non-hydrogen) atoms. The summed E-state index contributed by atoms with van der Waals surface area (Å²) in [6.45, 7) is 40.9. The van der Waals surface area contributed by atoms with Crippen LogP contribution in [0.2, 0.25) is 28.2 Å². The Kier molecular flexibility index (Phi) is 31.1. The van der Waals surface area contributed by atoms with E-state index in [9.17, 15) is 5.11 Å². The van der Waals surface area contributed by atoms with Crippen LogP contribution < -0.4 is 20.7 Å². The molecule has 7 saturated heterocycles. The first-order valence-electron chi connectivity index (χ1n) is 48.4. The number of hydrogen-bond donors (Lipinski definition) is 1. The van der Waals surface area contributed by atoms with E-state index >= 15 is 0 Å². The first-order valence-corrected chi connectivity index (χ1v) is 57.1. The lowest BCUT2D eigenvalue weighted by atomic mass is 9.77. The molecular formula is C109H150O13S2Si3. The van der Waals surface area contributed by atoms with Crippen molar-refractivity contribution in [1.29, 1.82) is 0 Å². The Labute approximate surface area is 774 Å². The van der Waals surface area contributed by atoms with Crippen molar-refractivity contribution in [2.45, 2.75) is 359 Å². The molecule has 7 aromatic carbocycles. The maximum atomic E-state index is 12.6. The summed E-state index contributed by atoms with van der Waals surface area (Å²) in [5.41, 5.74) is 0.880. The quantitative estimate of drug-likeness (QED) is 0.0172. The summed E-state index contributed by atoms with van der Waals surface area (Å²) in [7, 11) is -8.18. The SMILES string of the molecule is CCSC1(SCC)CCC[C@H]2O[C@H]3C[C@H]4O[C@H](CCCO[Si](c5ccccc5)(c5ccccc5)C(C)(C)C)C[C@H](O[Si](C)(C)C(C)(C)C)[C@@H]4O[C@@H]3C[C@]2(C)O[C@@H]1/C=C\C[C@@H]1O[C@H]2[C@H](C/C=C\C[C@H]1O)O[C@@H]1C[C@@H]3O[C@H](CCOC(c4ccccc4)(c4ccccc4)c4ccccc4)[C@@H](O[Si](c4ccccc4)(c4ccccc4)C(C)(C)C)C[C@@H](C)C[C@@]3(C)O[C@H]1C[C@@H]2C. The molecule has 1 N–H and O–H groups in total. The van der Waals surface area contributed by atoms with Gasteiger partial charge in [0.05, 0.1) is 113 Å². The third kappa shape index (κ3) is 20.7. The molecule has 0 saturated carbocycles. The fourth-order valence-corrected chi connectivity index (χ4v) is 36.7. The van der Waals surface area contributed by atoms with Crippen molar-refractivity contribution in [3.63, 3.8) is 0 Å². The number of aliphatic hydroxyl groups excluding tert-OH is 1. The Balaban J connectivity index is 0.671. The minimum atomic E-state index is -3.16. The second kappa shape index (κ2) is 41.0. The summed E-state index contributed by atoms with van der Waals surface area (Å²) < 4.78 is 92.4. The van der Waals surface area contributed by atoms with Crippen molar-refractivity contribution in [2.24, 2.45) is 11.8 Å². The Morgan fingerprint density at radius 2 is 1.00 bits per heavy atom. The fraction of sp³-hybridized carbons (Fsp3) is 0.578. The molecule has 0 bridgehead atoms. The topological polar surface area (TPSA) is 131 Å². The number of hydrogen-bond acceptors (Lipinski definition) is 15. The largest absolute Gasteiger partial charge is 0.411 e. The molecule has 0 spiro atoms. The highest BCUT2D eigenvalue weighted by atomic mass is 32.2. The minimum absolute atomic E-state index is 0.00242. The Bertz CT molecular complexity index is 4450. The average Bonchev–Trinajstić information content (AvgIpc) is 0.805. The van der Waals surface area contributed by atoms with Gasteiger partial charge >= 0.3 is 0 Å². The highest BCUT2D eigenvalue weighted by molar-refractivity contribution is 8.18. The normalized spacial score (nSPS) is 32.1. The summed E-state index contributed by atoms with van der Waals surface area (Å²) in [5, 5.41) is 17.2. The number of ether oxygens (including phenoxy) is 9. The van der Waals surface area contributed by atoms with Crippen molar-refractivity contribution in [1.82, 2.24) is 0 Å². The van der Waals surface area contributed by atoms with Crippen LogP contribution in [0.15, 0.2) is 237 Å². The summed E-state index contributed by atoms with van der Waals surface area (Å²) in [6.07, 6.45) is 15.9. The molecular weight excluding hydrogens is 1670 g/mol. The van der Waals surface area contributed by atoms with E-state index in [1.54, 1.807) is 0 Å². The maximum absolute atomic E-state index is 12.6. The van der Waals surface area contributed by atoms with Crippen LogP contribution in [0.4, 0.5) is 0 Å². The lowest BCUT2D eigenvalue weighted by Gasteiger charge is -2.57. The van der Waals surface area contributed by atoms with Gasteiger partial charge in [0.15, 0.2) is 8.32 Å². The van der Waals surface area contributed by atoms with Crippen LogP contribution in [0.25, 0.3) is 0 Å². The van der Waals surface area contributed by atoms with Gasteiger partial charge in [-0.25, -0.2) is 0 Å². The highest BCUT2D eigenvalue weighted by Gasteiger charge is 2.61. The summed E-state index contributed by atoms with van der Waals surface area (Å²) in [5.74, 6) is 2.10. The molecule has 0 amide bonds. The van der Waals surface area contributed by atoms with E-state index in [2.05, 4.69) is 354 Å². The van der Waals surface area contributed by atoms with Crippen LogP contribution in [0.5, 0.6) is 0 Å². The van der Waals surface area contributed by atoms with Gasteiger partial charge in [-0.05, 0) is 180 Å². The summed E-state index contributed by atoms with van der Waals surface area (Å²) >= 11 is 4.04. The Morgan fingerprint density at radius 1 is 0.472 bits per heavy atom. The molecule has 8 aliphatic heterocycles. The van der Waals surface area contributed by atoms with Gasteiger partial charge < -0.3 is 61.0 Å². The molecule has 13 nitrogen and oxygen atoms in total.